The molecule has 0 bridgehead atoms. The van der Waals surface area contributed by atoms with Crippen LogP contribution < -0.4 is 34.7 Å². The number of aliphatic carboxylic acids is 1. The number of likely N-dealkylation sites (tertiary alicyclic amines) is 1. The van der Waals surface area contributed by atoms with Gasteiger partial charge in [0.1, 0.15) is 29.8 Å². The Kier molecular flexibility index (Phi) is 12.7. The van der Waals surface area contributed by atoms with Crippen LogP contribution in [0.5, 0.6) is 0 Å². The van der Waals surface area contributed by atoms with Crippen LogP contribution in [-0.2, 0) is 30.1 Å². The van der Waals surface area contributed by atoms with Crippen LogP contribution in [0.25, 0.3) is 0 Å². The Hall–Kier alpha value is -2.35. The van der Waals surface area contributed by atoms with E-state index in [-0.39, 0.29) is 35.5 Å². The van der Waals surface area contributed by atoms with E-state index in [0.29, 0.717) is 43.9 Å². The third-order valence-corrected chi connectivity index (χ3v) is 9.54. The summed E-state index contributed by atoms with van der Waals surface area (Å²) in [4.78, 5) is 29.6. The van der Waals surface area contributed by atoms with Crippen LogP contribution in [0.15, 0.2) is 84.9 Å². The van der Waals surface area contributed by atoms with Crippen LogP contribution >= 0.6 is 11.6 Å². The summed E-state index contributed by atoms with van der Waals surface area (Å²) in [6.07, 6.45) is -7.50. The molecule has 2 fully saturated rings. The second-order valence-corrected chi connectivity index (χ2v) is 12.7. The van der Waals surface area contributed by atoms with Gasteiger partial charge in [0, 0.05) is 32.2 Å². The molecule has 0 aliphatic carbocycles. The smallest absolute Gasteiger partial charge is 0.547 e. The van der Waals surface area contributed by atoms with E-state index in [9.17, 15) is 30.0 Å². The molecule has 0 radical (unpaired) electrons. The number of hydrogen-bond acceptors (Lipinski definition) is 9. The zero-order valence-electron chi connectivity index (χ0n) is 26.9. The molecule has 47 heavy (non-hydrogen) atoms. The Labute approximate surface area is 302 Å². The van der Waals surface area contributed by atoms with E-state index in [0.717, 1.165) is 16.7 Å². The molecule has 0 aromatic heterocycles. The average Bonchev–Trinajstić information content (AvgIpc) is 3.07. The topological polar surface area (TPSA) is 143 Å². The van der Waals surface area contributed by atoms with Crippen LogP contribution in [0.3, 0.4) is 0 Å². The largest absolute Gasteiger partial charge is 1.00 e. The molecule has 1 amide bonds. The number of hydrogen-bond donors (Lipinski definition) is 3. The van der Waals surface area contributed by atoms with Crippen molar-refractivity contribution in [2.45, 2.75) is 61.0 Å². The third-order valence-electron chi connectivity index (χ3n) is 9.29. The number of rotatable bonds is 10. The zero-order valence-corrected chi connectivity index (χ0v) is 29.6. The van der Waals surface area contributed by atoms with Crippen molar-refractivity contribution in [3.8, 4) is 0 Å². The Morgan fingerprint density at radius 3 is 1.94 bits per heavy atom. The van der Waals surface area contributed by atoms with Crippen molar-refractivity contribution in [2.24, 2.45) is 0 Å². The minimum atomic E-state index is -1.89. The second kappa shape index (κ2) is 15.9. The first-order valence-electron chi connectivity index (χ1n) is 15.4. The van der Waals surface area contributed by atoms with Gasteiger partial charge in [0.05, 0.1) is 11.6 Å². The number of aliphatic hydroxyl groups is 3. The summed E-state index contributed by atoms with van der Waals surface area (Å²) < 4.78 is 11.8. The quantitative estimate of drug-likeness (QED) is 0.223. The first-order valence-corrected chi connectivity index (χ1v) is 15.8. The molecule has 0 saturated carbocycles. The number of piperidine rings is 1. The van der Waals surface area contributed by atoms with E-state index in [2.05, 4.69) is 4.90 Å². The normalized spacial score (nSPS) is 24.6. The molecule has 246 valence electrons. The van der Waals surface area contributed by atoms with E-state index in [1.807, 2.05) is 60.7 Å². The summed E-state index contributed by atoms with van der Waals surface area (Å²) in [6, 6.07) is 26.6. The van der Waals surface area contributed by atoms with Gasteiger partial charge in [-0.2, -0.15) is 0 Å². The standard InChI is InChI=1S/C35H41ClN2O8.Na/c1-37(2)33(44)35(24-9-5-3-6-10-24,25-11-7-4-8-12-25)19-22-38-20-17-34(18-21-38,23-13-15-26(36)16-14-23)46-32-29(41)27(39)28(40)30(45-32)31(42)43;/h3-16,27-30,32,39-41H,17-22H2,1-2H3,(H,42,43);/q;+1/p-1/t27-,28-,29+,30-,32?;/m0./s1. The fraction of sp³-hybridized carbons (Fsp3) is 0.429. The Bertz CT molecular complexity index is 1430. The van der Waals surface area contributed by atoms with Crippen LogP contribution in [-0.4, -0.2) is 101 Å². The summed E-state index contributed by atoms with van der Waals surface area (Å²) in [6.45, 7) is 1.66. The minimum absolute atomic E-state index is 0. The van der Waals surface area contributed by atoms with Crippen molar-refractivity contribution >= 4 is 23.5 Å². The molecule has 5 atom stereocenters. The summed E-state index contributed by atoms with van der Waals surface area (Å²) in [7, 11) is 3.54. The van der Waals surface area contributed by atoms with Crippen molar-refractivity contribution in [1.82, 2.24) is 9.80 Å². The van der Waals surface area contributed by atoms with Gasteiger partial charge < -0.3 is 44.5 Å². The molecule has 2 heterocycles. The molecule has 10 nitrogen and oxygen atoms in total. The zero-order chi connectivity index (χ0) is 33.1. The molecule has 3 aromatic rings. The van der Waals surface area contributed by atoms with Gasteiger partial charge in [0.15, 0.2) is 6.29 Å². The van der Waals surface area contributed by atoms with Gasteiger partial charge >= 0.3 is 29.6 Å². The maximum absolute atomic E-state index is 14.1. The molecular formula is C35H40ClN2NaO8. The molecular weight excluding hydrogens is 635 g/mol. The predicted octanol–water partition coefficient (Wildman–Crippen LogP) is -1.33. The number of carboxylic acid groups (broad SMARTS) is 1. The van der Waals surface area contributed by atoms with Crippen LogP contribution in [0.2, 0.25) is 5.02 Å². The van der Waals surface area contributed by atoms with Crippen molar-refractivity contribution in [2.75, 3.05) is 33.7 Å². The maximum atomic E-state index is 14.1. The summed E-state index contributed by atoms with van der Waals surface area (Å²) in [5, 5.41) is 43.5. The van der Waals surface area contributed by atoms with E-state index < -0.39 is 47.7 Å². The van der Waals surface area contributed by atoms with Crippen molar-refractivity contribution in [3.63, 3.8) is 0 Å². The molecule has 12 heteroatoms. The second-order valence-electron chi connectivity index (χ2n) is 12.3. The SMILES string of the molecule is CN(C)C(=O)C(CCN1CCC(OC2O[C@H](C(=O)[O-])[C@@H](O)[C@H](O)[C@H]2O)(c2ccc(Cl)cc2)CC1)(c1ccccc1)c1ccccc1.[Na+]. The number of ether oxygens (including phenoxy) is 2. The fourth-order valence-corrected chi connectivity index (χ4v) is 6.82. The molecule has 2 aliphatic heterocycles. The number of likely N-dealkylation sites (N-methyl/N-ethyl adjacent to an activating group) is 1. The van der Waals surface area contributed by atoms with Crippen molar-refractivity contribution in [3.05, 3.63) is 107 Å². The first kappa shape index (κ1) is 37.5. The predicted molar refractivity (Wildman–Crippen MR) is 169 cm³/mol. The van der Waals surface area contributed by atoms with Crippen molar-refractivity contribution in [1.29, 1.82) is 0 Å². The van der Waals surface area contributed by atoms with E-state index >= 15 is 0 Å². The van der Waals surface area contributed by atoms with Gasteiger partial charge in [-0.1, -0.05) is 84.4 Å². The summed E-state index contributed by atoms with van der Waals surface area (Å²) >= 11 is 6.18. The molecule has 0 spiro atoms. The summed E-state index contributed by atoms with van der Waals surface area (Å²) in [5.74, 6) is -1.75. The number of halogens is 1. The average molecular weight is 675 g/mol. The molecule has 5 rings (SSSR count). The number of carbonyl (C=O) groups excluding carboxylic acids is 2. The first-order chi connectivity index (χ1) is 22.0. The summed E-state index contributed by atoms with van der Waals surface area (Å²) in [5.41, 5.74) is 0.582. The molecule has 2 aliphatic rings. The number of aliphatic hydroxyl groups excluding tert-OH is 3. The maximum Gasteiger partial charge on any atom is 1.00 e. The monoisotopic (exact) mass is 674 g/mol. The van der Waals surface area contributed by atoms with Crippen LogP contribution in [0.4, 0.5) is 0 Å². The Balaban J connectivity index is 0.00000500. The van der Waals surface area contributed by atoms with Gasteiger partial charge in [0.25, 0.3) is 0 Å². The van der Waals surface area contributed by atoms with Crippen LogP contribution in [0.1, 0.15) is 36.0 Å². The molecule has 1 unspecified atom stereocenters. The molecule has 3 aromatic carbocycles. The molecule has 3 N–H and O–H groups in total. The van der Waals surface area contributed by atoms with Gasteiger partial charge in [-0.15, -0.1) is 0 Å². The fourth-order valence-electron chi connectivity index (χ4n) is 6.69. The van der Waals surface area contributed by atoms with Crippen LogP contribution in [0, 0.1) is 0 Å². The minimum Gasteiger partial charge on any atom is -0.547 e. The Morgan fingerprint density at radius 2 is 1.45 bits per heavy atom. The number of carboxylic acids is 1. The number of benzene rings is 3. The van der Waals surface area contributed by atoms with Crippen molar-refractivity contribution < 1.29 is 69.0 Å². The number of amides is 1. The van der Waals surface area contributed by atoms with Gasteiger partial charge in [-0.3, -0.25) is 4.79 Å². The molecule has 2 saturated heterocycles. The number of nitrogens with zero attached hydrogens (tertiary/aromatic N) is 2. The van der Waals surface area contributed by atoms with E-state index in [1.54, 1.807) is 43.3 Å². The van der Waals surface area contributed by atoms with Gasteiger partial charge in [-0.05, 0) is 54.6 Å². The number of carbonyl (C=O) groups is 2. The van der Waals surface area contributed by atoms with E-state index in [1.165, 1.54) is 0 Å². The van der Waals surface area contributed by atoms with Gasteiger partial charge in [0.2, 0.25) is 5.91 Å². The van der Waals surface area contributed by atoms with Gasteiger partial charge in [-0.25, -0.2) is 0 Å². The Morgan fingerprint density at radius 1 is 0.915 bits per heavy atom. The van der Waals surface area contributed by atoms with E-state index in [4.69, 9.17) is 21.1 Å². The third kappa shape index (κ3) is 7.78.